The maximum Gasteiger partial charge on any atom is 0.492 e. The molecule has 1 aliphatic heterocycles. The molecule has 0 saturated carbocycles. The predicted octanol–water partition coefficient (Wildman–Crippen LogP) is 2.53. The van der Waals surface area contributed by atoms with Gasteiger partial charge in [0.2, 0.25) is 0 Å². The second-order valence-corrected chi connectivity index (χ2v) is 6.51. The van der Waals surface area contributed by atoms with Crippen LogP contribution < -0.4 is 0 Å². The maximum atomic E-state index is 13.7. The fraction of sp³-hybridized carbons (Fsp3) is 0.438. The van der Waals surface area contributed by atoms with Crippen molar-refractivity contribution in [2.75, 3.05) is 6.61 Å². The highest BCUT2D eigenvalue weighted by atomic mass is 19.1. The monoisotopic (exact) mass is 322 g/mol. The molecule has 23 heavy (non-hydrogen) atoms. The highest BCUT2D eigenvalue weighted by molar-refractivity contribution is 6.55. The van der Waals surface area contributed by atoms with Crippen LogP contribution in [0.25, 0.3) is 6.08 Å². The first kappa shape index (κ1) is 17.7. The second kappa shape index (κ2) is 6.07. The van der Waals surface area contributed by atoms with Crippen molar-refractivity contribution in [3.63, 3.8) is 0 Å². The molecule has 2 N–H and O–H groups in total. The smallest absolute Gasteiger partial charge is 0.478 e. The maximum absolute atomic E-state index is 13.7. The number of hydrogen-bond donors (Lipinski definition) is 2. The fourth-order valence-corrected chi connectivity index (χ4v) is 2.19. The molecule has 0 amide bonds. The normalized spacial score (nSPS) is 19.9. The van der Waals surface area contributed by atoms with Crippen LogP contribution >= 0.6 is 0 Å². The lowest BCUT2D eigenvalue weighted by Crippen LogP contribution is -2.41. The fourth-order valence-electron chi connectivity index (χ4n) is 2.19. The third-order valence-corrected chi connectivity index (χ3v) is 4.31. The Morgan fingerprint density at radius 2 is 1.83 bits per heavy atom. The van der Waals surface area contributed by atoms with Gasteiger partial charge in [-0.15, -0.1) is 0 Å². The van der Waals surface area contributed by atoms with Gasteiger partial charge in [0, 0.05) is 0 Å². The van der Waals surface area contributed by atoms with Gasteiger partial charge in [0.05, 0.1) is 23.4 Å². The predicted molar refractivity (Wildman–Crippen MR) is 84.5 cm³/mol. The van der Waals surface area contributed by atoms with Gasteiger partial charge in [-0.1, -0.05) is 12.1 Å². The molecule has 0 atom stereocenters. The van der Waals surface area contributed by atoms with Crippen LogP contribution in [0.2, 0.25) is 0 Å². The Bertz CT molecular complexity index is 638. The third-order valence-electron chi connectivity index (χ3n) is 4.31. The number of benzene rings is 1. The zero-order chi connectivity index (χ0) is 17.4. The van der Waals surface area contributed by atoms with Crippen LogP contribution in [0.4, 0.5) is 4.39 Å². The van der Waals surface area contributed by atoms with Crippen LogP contribution in [-0.4, -0.2) is 41.1 Å². The van der Waals surface area contributed by atoms with Gasteiger partial charge in [-0.05, 0) is 50.9 Å². The lowest BCUT2D eigenvalue weighted by Gasteiger charge is -2.32. The van der Waals surface area contributed by atoms with Gasteiger partial charge in [0.1, 0.15) is 5.82 Å². The van der Waals surface area contributed by atoms with Crippen molar-refractivity contribution in [3.05, 3.63) is 40.6 Å². The van der Waals surface area contributed by atoms with Crippen molar-refractivity contribution in [1.29, 1.82) is 0 Å². The summed E-state index contributed by atoms with van der Waals surface area (Å²) in [5.41, 5.74) is -0.643. The number of halogens is 1. The Kier molecular flexibility index (Phi) is 4.66. The van der Waals surface area contributed by atoms with E-state index in [2.05, 4.69) is 0 Å². The molecular weight excluding hydrogens is 302 g/mol. The van der Waals surface area contributed by atoms with Crippen molar-refractivity contribution >= 4 is 19.2 Å². The number of carboxylic acids is 1. The van der Waals surface area contributed by atoms with Crippen molar-refractivity contribution < 1.29 is 28.7 Å². The number of aliphatic hydroxyl groups excluding tert-OH is 1. The van der Waals surface area contributed by atoms with Crippen LogP contribution in [0.5, 0.6) is 0 Å². The highest BCUT2D eigenvalue weighted by Crippen LogP contribution is 2.38. The number of hydrogen-bond acceptors (Lipinski definition) is 4. The van der Waals surface area contributed by atoms with E-state index in [4.69, 9.17) is 14.4 Å². The van der Waals surface area contributed by atoms with Crippen molar-refractivity contribution in [1.82, 2.24) is 0 Å². The van der Waals surface area contributed by atoms with E-state index in [1.165, 1.54) is 18.2 Å². The molecule has 124 valence electrons. The molecule has 2 rings (SSSR count). The molecule has 0 aliphatic carbocycles. The summed E-state index contributed by atoms with van der Waals surface area (Å²) in [6.07, 6.45) is 1.54. The van der Waals surface area contributed by atoms with Crippen LogP contribution in [-0.2, 0) is 9.31 Å². The molecule has 1 heterocycles. The quantitative estimate of drug-likeness (QED) is 0.833. The zero-order valence-corrected chi connectivity index (χ0v) is 13.6. The molecule has 7 heteroatoms. The SMILES string of the molecule is CC1(C)OB(C(=Cc2ccc(C(=O)O)c(F)c2)CO)OC1(C)C. The Morgan fingerprint density at radius 3 is 2.26 bits per heavy atom. The van der Waals surface area contributed by atoms with Crippen molar-refractivity contribution in [2.24, 2.45) is 0 Å². The van der Waals surface area contributed by atoms with Gasteiger partial charge >= 0.3 is 13.1 Å². The van der Waals surface area contributed by atoms with E-state index in [-0.39, 0.29) is 6.61 Å². The van der Waals surface area contributed by atoms with Crippen LogP contribution in [0.1, 0.15) is 43.6 Å². The van der Waals surface area contributed by atoms with E-state index in [1.54, 1.807) is 0 Å². The van der Waals surface area contributed by atoms with Crippen LogP contribution in [0.15, 0.2) is 23.7 Å². The Labute approximate surface area is 134 Å². The van der Waals surface area contributed by atoms with E-state index < -0.39 is 35.7 Å². The molecule has 1 saturated heterocycles. The number of carbonyl (C=O) groups is 1. The van der Waals surface area contributed by atoms with Crippen LogP contribution in [0.3, 0.4) is 0 Å². The molecule has 1 aromatic carbocycles. The lowest BCUT2D eigenvalue weighted by molar-refractivity contribution is 0.00578. The Balaban J connectivity index is 2.30. The van der Waals surface area contributed by atoms with Crippen molar-refractivity contribution in [3.8, 4) is 0 Å². The average molecular weight is 322 g/mol. The Morgan fingerprint density at radius 1 is 1.26 bits per heavy atom. The van der Waals surface area contributed by atoms with Gasteiger partial charge in [-0.3, -0.25) is 0 Å². The van der Waals surface area contributed by atoms with E-state index >= 15 is 0 Å². The zero-order valence-electron chi connectivity index (χ0n) is 13.6. The van der Waals surface area contributed by atoms with Gasteiger partial charge in [-0.25, -0.2) is 9.18 Å². The summed E-state index contributed by atoms with van der Waals surface area (Å²) in [6, 6.07) is 3.75. The lowest BCUT2D eigenvalue weighted by atomic mass is 9.77. The van der Waals surface area contributed by atoms with Crippen molar-refractivity contribution in [2.45, 2.75) is 38.9 Å². The van der Waals surface area contributed by atoms with Gasteiger partial charge in [0.25, 0.3) is 0 Å². The summed E-state index contributed by atoms with van der Waals surface area (Å²) >= 11 is 0. The summed E-state index contributed by atoms with van der Waals surface area (Å²) in [4.78, 5) is 10.8. The average Bonchev–Trinajstić information content (AvgIpc) is 2.64. The molecule has 1 aromatic rings. The highest BCUT2D eigenvalue weighted by Gasteiger charge is 2.52. The number of aromatic carboxylic acids is 1. The molecule has 0 spiro atoms. The van der Waals surface area contributed by atoms with E-state index in [9.17, 15) is 14.3 Å². The molecule has 5 nitrogen and oxygen atoms in total. The first-order chi connectivity index (χ1) is 10.6. The summed E-state index contributed by atoms with van der Waals surface area (Å²) < 4.78 is 25.4. The molecule has 0 radical (unpaired) electrons. The Hall–Kier alpha value is -1.70. The molecule has 0 aromatic heterocycles. The summed E-state index contributed by atoms with van der Waals surface area (Å²) in [5.74, 6) is -2.16. The molecule has 0 unspecified atom stereocenters. The second-order valence-electron chi connectivity index (χ2n) is 6.51. The summed E-state index contributed by atoms with van der Waals surface area (Å²) in [5, 5.41) is 18.4. The van der Waals surface area contributed by atoms with Crippen LogP contribution in [0, 0.1) is 5.82 Å². The molecule has 0 bridgehead atoms. The molecule has 1 aliphatic rings. The minimum absolute atomic E-state index is 0.320. The van der Waals surface area contributed by atoms with E-state index in [1.807, 2.05) is 27.7 Å². The topological polar surface area (TPSA) is 76.0 Å². The van der Waals surface area contributed by atoms with Gasteiger partial charge in [0.15, 0.2) is 0 Å². The first-order valence-corrected chi connectivity index (χ1v) is 7.27. The number of aliphatic hydroxyl groups is 1. The third kappa shape index (κ3) is 3.47. The minimum atomic E-state index is -1.33. The van der Waals surface area contributed by atoms with E-state index in [0.717, 1.165) is 6.07 Å². The first-order valence-electron chi connectivity index (χ1n) is 7.27. The minimum Gasteiger partial charge on any atom is -0.478 e. The number of carboxylic acid groups (broad SMARTS) is 1. The molecular formula is C16H20BFO5. The standard InChI is InChI=1S/C16H20BFO5/c1-15(2)16(3,4)23-17(22-15)11(9-19)7-10-5-6-12(14(20)21)13(18)8-10/h5-8,19H,9H2,1-4H3,(H,20,21). The van der Waals surface area contributed by atoms with E-state index in [0.29, 0.717) is 11.0 Å². The summed E-state index contributed by atoms with van der Waals surface area (Å²) in [6.45, 7) is 7.25. The molecule has 1 fully saturated rings. The largest absolute Gasteiger partial charge is 0.492 e. The van der Waals surface area contributed by atoms with Gasteiger partial charge in [-0.2, -0.15) is 0 Å². The summed E-state index contributed by atoms with van der Waals surface area (Å²) in [7, 11) is -0.743. The van der Waals surface area contributed by atoms with Gasteiger partial charge < -0.3 is 19.5 Å². The number of rotatable bonds is 4.